The van der Waals surface area contributed by atoms with Gasteiger partial charge in [-0.1, -0.05) is 25.4 Å². The van der Waals surface area contributed by atoms with Crippen molar-refractivity contribution >= 4 is 40.5 Å². The minimum atomic E-state index is -0.595. The van der Waals surface area contributed by atoms with Crippen molar-refractivity contribution in [3.8, 4) is 0 Å². The molecule has 0 bridgehead atoms. The molecule has 2 rings (SSSR count). The Morgan fingerprint density at radius 3 is 2.19 bits per heavy atom. The van der Waals surface area contributed by atoms with Crippen molar-refractivity contribution in [1.29, 1.82) is 0 Å². The van der Waals surface area contributed by atoms with Gasteiger partial charge in [-0.05, 0) is 36.2 Å². The molecule has 0 heterocycles. The molecule has 8 heteroatoms. The zero-order valence-electron chi connectivity index (χ0n) is 14.3. The van der Waals surface area contributed by atoms with Crippen LogP contribution in [0.4, 0.5) is 17.1 Å². The van der Waals surface area contributed by atoms with E-state index in [2.05, 4.69) is 10.6 Å². The first-order chi connectivity index (χ1) is 12.3. The number of hydrogen-bond donors (Lipinski definition) is 2. The summed E-state index contributed by atoms with van der Waals surface area (Å²) in [7, 11) is 0. The van der Waals surface area contributed by atoms with E-state index in [1.165, 1.54) is 12.1 Å². The van der Waals surface area contributed by atoms with Crippen molar-refractivity contribution in [2.75, 3.05) is 10.6 Å². The lowest BCUT2D eigenvalue weighted by molar-refractivity contribution is -0.384. The first-order valence-electron chi connectivity index (χ1n) is 7.91. The Labute approximate surface area is 155 Å². The Hall–Kier alpha value is -2.93. The molecule has 2 N–H and O–H groups in total. The number of nitrogens with one attached hydrogen (secondary N) is 2. The molecule has 0 fully saturated rings. The van der Waals surface area contributed by atoms with E-state index in [0.29, 0.717) is 17.8 Å². The molecule has 0 spiro atoms. The van der Waals surface area contributed by atoms with Crippen molar-refractivity contribution < 1.29 is 14.5 Å². The summed E-state index contributed by atoms with van der Waals surface area (Å²) in [4.78, 5) is 34.3. The Morgan fingerprint density at radius 1 is 1.08 bits per heavy atom. The van der Waals surface area contributed by atoms with Gasteiger partial charge in [-0.2, -0.15) is 0 Å². The van der Waals surface area contributed by atoms with Crippen LogP contribution < -0.4 is 10.6 Å². The lowest BCUT2D eigenvalue weighted by Gasteiger charge is -2.09. The fraction of sp³-hybridized carbons (Fsp3) is 0.222. The average molecular weight is 376 g/mol. The molecule has 0 aliphatic rings. The number of amides is 2. The molecule has 136 valence electrons. The number of nitrogens with zero attached hydrogens (tertiary/aromatic N) is 1. The van der Waals surface area contributed by atoms with E-state index in [1.54, 1.807) is 24.3 Å². The van der Waals surface area contributed by atoms with Gasteiger partial charge in [-0.25, -0.2) is 0 Å². The zero-order valence-corrected chi connectivity index (χ0v) is 15.0. The van der Waals surface area contributed by atoms with Crippen molar-refractivity contribution in [3.63, 3.8) is 0 Å². The number of benzene rings is 2. The third-order valence-corrected chi connectivity index (χ3v) is 3.76. The van der Waals surface area contributed by atoms with E-state index < -0.39 is 10.8 Å². The van der Waals surface area contributed by atoms with Gasteiger partial charge in [0.2, 0.25) is 5.91 Å². The molecule has 2 aromatic carbocycles. The maximum Gasteiger partial charge on any atom is 0.270 e. The van der Waals surface area contributed by atoms with Crippen LogP contribution in [0.5, 0.6) is 0 Å². The minimum absolute atomic E-state index is 0.00943. The summed E-state index contributed by atoms with van der Waals surface area (Å²) in [5.41, 5.74) is 0.874. The number of non-ortho nitro benzene ring substituents is 1. The van der Waals surface area contributed by atoms with E-state index >= 15 is 0 Å². The summed E-state index contributed by atoms with van der Waals surface area (Å²) >= 11 is 5.96. The van der Waals surface area contributed by atoms with Crippen LogP contribution in [0.1, 0.15) is 30.6 Å². The van der Waals surface area contributed by atoms with Gasteiger partial charge < -0.3 is 10.6 Å². The Kier molecular flexibility index (Phi) is 6.30. The minimum Gasteiger partial charge on any atom is -0.326 e. The van der Waals surface area contributed by atoms with Gasteiger partial charge in [0, 0.05) is 29.9 Å². The van der Waals surface area contributed by atoms with Crippen molar-refractivity contribution in [2.45, 2.75) is 20.3 Å². The highest BCUT2D eigenvalue weighted by Crippen LogP contribution is 2.23. The summed E-state index contributed by atoms with van der Waals surface area (Å²) in [6, 6.07) is 10.2. The Morgan fingerprint density at radius 2 is 1.65 bits per heavy atom. The molecule has 0 aliphatic heterocycles. The molecule has 0 saturated carbocycles. The first kappa shape index (κ1) is 19.4. The lowest BCUT2D eigenvalue weighted by atomic mass is 10.1. The fourth-order valence-electron chi connectivity index (χ4n) is 2.22. The highest BCUT2D eigenvalue weighted by Gasteiger charge is 2.16. The van der Waals surface area contributed by atoms with E-state index in [1.807, 2.05) is 13.8 Å². The summed E-state index contributed by atoms with van der Waals surface area (Å²) < 4.78 is 0. The third kappa shape index (κ3) is 5.29. The lowest BCUT2D eigenvalue weighted by Crippen LogP contribution is -2.14. The molecule has 0 radical (unpaired) electrons. The number of carbonyl (C=O) groups excluding carboxylic acids is 2. The smallest absolute Gasteiger partial charge is 0.270 e. The number of carbonyl (C=O) groups is 2. The molecule has 0 unspecified atom stereocenters. The van der Waals surface area contributed by atoms with Gasteiger partial charge in [-0.3, -0.25) is 19.7 Å². The fourth-order valence-corrected chi connectivity index (χ4v) is 2.42. The molecule has 7 nitrogen and oxygen atoms in total. The molecule has 0 aromatic heterocycles. The van der Waals surface area contributed by atoms with Crippen molar-refractivity contribution in [3.05, 3.63) is 63.2 Å². The van der Waals surface area contributed by atoms with Gasteiger partial charge in [-0.15, -0.1) is 0 Å². The maximum atomic E-state index is 12.3. The predicted octanol–water partition coefficient (Wildman–Crippen LogP) is 4.49. The first-order valence-corrected chi connectivity index (χ1v) is 8.29. The molecule has 0 saturated heterocycles. The van der Waals surface area contributed by atoms with Crippen LogP contribution >= 0.6 is 11.6 Å². The molecular weight excluding hydrogens is 358 g/mol. The number of nitro groups is 1. The van der Waals surface area contributed by atoms with Crippen molar-refractivity contribution in [1.82, 2.24) is 0 Å². The van der Waals surface area contributed by atoms with Gasteiger partial charge >= 0.3 is 0 Å². The van der Waals surface area contributed by atoms with Gasteiger partial charge in [0.1, 0.15) is 0 Å². The van der Waals surface area contributed by atoms with Crippen LogP contribution in [0.3, 0.4) is 0 Å². The van der Waals surface area contributed by atoms with Crippen LogP contribution in [-0.2, 0) is 4.79 Å². The van der Waals surface area contributed by atoms with E-state index in [9.17, 15) is 19.7 Å². The van der Waals surface area contributed by atoms with Crippen LogP contribution in [-0.4, -0.2) is 16.7 Å². The number of anilines is 2. The molecule has 26 heavy (non-hydrogen) atoms. The van der Waals surface area contributed by atoms with Gasteiger partial charge in [0.15, 0.2) is 0 Å². The summed E-state index contributed by atoms with van der Waals surface area (Å²) in [6.07, 6.45) is 0.420. The van der Waals surface area contributed by atoms with Gasteiger partial charge in [0.05, 0.1) is 15.5 Å². The number of hydrogen-bond acceptors (Lipinski definition) is 4. The second-order valence-corrected chi connectivity index (χ2v) is 6.51. The zero-order chi connectivity index (χ0) is 19.3. The number of halogens is 1. The normalized spacial score (nSPS) is 10.5. The van der Waals surface area contributed by atoms with Gasteiger partial charge in [0.25, 0.3) is 11.6 Å². The van der Waals surface area contributed by atoms with E-state index in [0.717, 1.165) is 6.07 Å². The summed E-state index contributed by atoms with van der Waals surface area (Å²) in [5, 5.41) is 16.3. The maximum absolute atomic E-state index is 12.3. The summed E-state index contributed by atoms with van der Waals surface area (Å²) in [5.74, 6) is -0.385. The molecule has 0 aliphatic carbocycles. The topological polar surface area (TPSA) is 101 Å². The predicted molar refractivity (Wildman–Crippen MR) is 101 cm³/mol. The van der Waals surface area contributed by atoms with E-state index in [4.69, 9.17) is 11.6 Å². The average Bonchev–Trinajstić information content (AvgIpc) is 2.56. The quantitative estimate of drug-likeness (QED) is 0.573. The van der Waals surface area contributed by atoms with E-state index in [-0.39, 0.29) is 28.1 Å². The highest BCUT2D eigenvalue weighted by molar-refractivity contribution is 6.34. The summed E-state index contributed by atoms with van der Waals surface area (Å²) in [6.45, 7) is 3.91. The third-order valence-electron chi connectivity index (χ3n) is 3.43. The molecular formula is C18H18ClN3O4. The van der Waals surface area contributed by atoms with Crippen LogP contribution in [0.2, 0.25) is 5.02 Å². The number of nitro benzene ring substituents is 1. The van der Waals surface area contributed by atoms with Crippen LogP contribution in [0.15, 0.2) is 42.5 Å². The van der Waals surface area contributed by atoms with Crippen molar-refractivity contribution in [2.24, 2.45) is 5.92 Å². The van der Waals surface area contributed by atoms with Crippen LogP contribution in [0, 0.1) is 16.0 Å². The second-order valence-electron chi connectivity index (χ2n) is 6.10. The Bertz CT molecular complexity index is 835. The number of rotatable bonds is 6. The molecule has 0 atom stereocenters. The Balaban J connectivity index is 2.07. The SMILES string of the molecule is CC(C)CC(=O)Nc1ccc(NC(=O)c2cc([N+](=O)[O-])ccc2Cl)cc1. The van der Waals surface area contributed by atoms with Crippen LogP contribution in [0.25, 0.3) is 0 Å². The second kappa shape index (κ2) is 8.44. The monoisotopic (exact) mass is 375 g/mol. The largest absolute Gasteiger partial charge is 0.326 e. The molecule has 2 amide bonds. The standard InChI is InChI=1S/C18H18ClN3O4/c1-11(2)9-17(23)20-12-3-5-13(6-4-12)21-18(24)15-10-14(22(25)26)7-8-16(15)19/h3-8,10-11H,9H2,1-2H3,(H,20,23)(H,21,24). The highest BCUT2D eigenvalue weighted by atomic mass is 35.5. The molecule has 2 aromatic rings.